The average Bonchev–Trinajstić information content (AvgIpc) is 3.51. The van der Waals surface area contributed by atoms with E-state index in [-0.39, 0.29) is 24.4 Å². The molecule has 8 heteroatoms. The highest BCUT2D eigenvalue weighted by Gasteiger charge is 2.55. The molecule has 1 saturated heterocycles. The predicted octanol–water partition coefficient (Wildman–Crippen LogP) is 2.44. The summed E-state index contributed by atoms with van der Waals surface area (Å²) < 4.78 is 1.89. The zero-order valence-electron chi connectivity index (χ0n) is 17.6. The van der Waals surface area contributed by atoms with Gasteiger partial charge in [0.05, 0.1) is 12.4 Å². The SMILES string of the molecule is CC(NC(=O)CN1C(=O)NC2(CCc3ccccc32)C1=O)c1ccc(-n2ccnc2)cc1. The molecule has 1 aromatic heterocycles. The van der Waals surface area contributed by atoms with E-state index < -0.39 is 11.6 Å². The molecule has 3 aromatic rings. The number of imidazole rings is 1. The van der Waals surface area contributed by atoms with Crippen LogP contribution in [0.3, 0.4) is 0 Å². The Hall–Kier alpha value is -3.94. The van der Waals surface area contributed by atoms with Crippen molar-refractivity contribution in [3.05, 3.63) is 83.9 Å². The van der Waals surface area contributed by atoms with E-state index in [9.17, 15) is 14.4 Å². The molecule has 2 aliphatic rings. The molecule has 5 rings (SSSR count). The first-order valence-electron chi connectivity index (χ1n) is 10.6. The van der Waals surface area contributed by atoms with E-state index in [1.807, 2.05) is 66.2 Å². The quantitative estimate of drug-likeness (QED) is 0.609. The maximum absolute atomic E-state index is 13.2. The fourth-order valence-corrected chi connectivity index (χ4v) is 4.59. The number of nitrogens with one attached hydrogen (secondary N) is 2. The van der Waals surface area contributed by atoms with Gasteiger partial charge in [-0.2, -0.15) is 0 Å². The second kappa shape index (κ2) is 7.64. The van der Waals surface area contributed by atoms with Crippen LogP contribution in [0.1, 0.15) is 36.1 Å². The summed E-state index contributed by atoms with van der Waals surface area (Å²) in [5.41, 5.74) is 2.71. The lowest BCUT2D eigenvalue weighted by Gasteiger charge is -2.22. The smallest absolute Gasteiger partial charge is 0.325 e. The monoisotopic (exact) mass is 429 g/mol. The van der Waals surface area contributed by atoms with E-state index in [0.29, 0.717) is 12.8 Å². The largest absolute Gasteiger partial charge is 0.348 e. The summed E-state index contributed by atoms with van der Waals surface area (Å²) in [6, 6.07) is 14.6. The van der Waals surface area contributed by atoms with Gasteiger partial charge in [0.25, 0.3) is 5.91 Å². The molecule has 32 heavy (non-hydrogen) atoms. The van der Waals surface area contributed by atoms with Crippen LogP contribution in [0.5, 0.6) is 0 Å². The number of fused-ring (bicyclic) bond motifs is 2. The Labute approximate surface area is 185 Å². The van der Waals surface area contributed by atoms with Crippen molar-refractivity contribution in [3.63, 3.8) is 0 Å². The first-order chi connectivity index (χ1) is 15.5. The normalized spacial score (nSPS) is 20.3. The molecule has 2 unspecified atom stereocenters. The van der Waals surface area contributed by atoms with Gasteiger partial charge < -0.3 is 15.2 Å². The highest BCUT2D eigenvalue weighted by molar-refractivity contribution is 6.09. The van der Waals surface area contributed by atoms with Crippen LogP contribution in [0.25, 0.3) is 5.69 Å². The fraction of sp³-hybridized carbons (Fsp3) is 0.250. The van der Waals surface area contributed by atoms with Crippen molar-refractivity contribution in [2.45, 2.75) is 31.3 Å². The lowest BCUT2D eigenvalue weighted by atomic mass is 9.92. The van der Waals surface area contributed by atoms with Crippen LogP contribution in [0.2, 0.25) is 0 Å². The molecule has 2 N–H and O–H groups in total. The third-order valence-electron chi connectivity index (χ3n) is 6.30. The van der Waals surface area contributed by atoms with E-state index in [1.165, 1.54) is 0 Å². The number of carbonyl (C=O) groups excluding carboxylic acids is 3. The number of amides is 4. The third kappa shape index (κ3) is 3.24. The van der Waals surface area contributed by atoms with Gasteiger partial charge >= 0.3 is 6.03 Å². The molecule has 1 aliphatic heterocycles. The van der Waals surface area contributed by atoms with E-state index in [1.54, 1.807) is 12.5 Å². The summed E-state index contributed by atoms with van der Waals surface area (Å²) >= 11 is 0. The van der Waals surface area contributed by atoms with Crippen LogP contribution >= 0.6 is 0 Å². The molecule has 162 valence electrons. The van der Waals surface area contributed by atoms with E-state index >= 15 is 0 Å². The fourth-order valence-electron chi connectivity index (χ4n) is 4.59. The van der Waals surface area contributed by atoms with Crippen LogP contribution in [-0.4, -0.2) is 38.8 Å². The van der Waals surface area contributed by atoms with Gasteiger partial charge in [0, 0.05) is 18.1 Å². The molecule has 1 fully saturated rings. The molecule has 4 amide bonds. The van der Waals surface area contributed by atoms with Gasteiger partial charge in [-0.05, 0) is 48.6 Å². The molecule has 0 saturated carbocycles. The second-order valence-electron chi connectivity index (χ2n) is 8.23. The van der Waals surface area contributed by atoms with Gasteiger partial charge in [-0.25, -0.2) is 9.78 Å². The van der Waals surface area contributed by atoms with Crippen molar-refractivity contribution in [3.8, 4) is 5.69 Å². The Morgan fingerprint density at radius 1 is 1.19 bits per heavy atom. The van der Waals surface area contributed by atoms with Crippen molar-refractivity contribution >= 4 is 17.8 Å². The van der Waals surface area contributed by atoms with Crippen molar-refractivity contribution in [1.82, 2.24) is 25.1 Å². The molecular formula is C24H23N5O3. The lowest BCUT2D eigenvalue weighted by molar-refractivity contribution is -0.135. The van der Waals surface area contributed by atoms with E-state index in [4.69, 9.17) is 0 Å². The average molecular weight is 429 g/mol. The van der Waals surface area contributed by atoms with Crippen LogP contribution in [0.4, 0.5) is 4.79 Å². The van der Waals surface area contributed by atoms with Gasteiger partial charge in [-0.3, -0.25) is 14.5 Å². The number of aryl methyl sites for hydroxylation is 1. The molecule has 0 bridgehead atoms. The highest BCUT2D eigenvalue weighted by Crippen LogP contribution is 2.41. The van der Waals surface area contributed by atoms with Crippen molar-refractivity contribution in [2.24, 2.45) is 0 Å². The first-order valence-corrected chi connectivity index (χ1v) is 10.6. The number of aromatic nitrogens is 2. The summed E-state index contributed by atoms with van der Waals surface area (Å²) in [5, 5.41) is 5.73. The summed E-state index contributed by atoms with van der Waals surface area (Å²) in [4.78, 5) is 43.5. The van der Waals surface area contributed by atoms with Gasteiger partial charge in [-0.15, -0.1) is 0 Å². The van der Waals surface area contributed by atoms with E-state index in [0.717, 1.165) is 27.3 Å². The number of rotatable bonds is 5. The Balaban J connectivity index is 1.25. The maximum Gasteiger partial charge on any atom is 0.325 e. The van der Waals surface area contributed by atoms with Crippen molar-refractivity contribution < 1.29 is 14.4 Å². The topological polar surface area (TPSA) is 96.3 Å². The standard InChI is InChI=1S/C24H23N5O3/c1-16(17-6-8-19(9-7-17)28-13-12-25-15-28)26-21(30)14-29-22(31)24(27-23(29)32)11-10-18-4-2-3-5-20(18)24/h2-9,12-13,15-16H,10-11,14H2,1H3,(H,26,30)(H,27,32). The minimum atomic E-state index is -1.05. The predicted molar refractivity (Wildman–Crippen MR) is 117 cm³/mol. The van der Waals surface area contributed by atoms with Crippen molar-refractivity contribution in [2.75, 3.05) is 6.54 Å². The Morgan fingerprint density at radius 2 is 1.97 bits per heavy atom. The Morgan fingerprint density at radius 3 is 2.72 bits per heavy atom. The molecule has 2 atom stereocenters. The molecule has 1 aliphatic carbocycles. The third-order valence-corrected chi connectivity index (χ3v) is 6.30. The number of imide groups is 1. The van der Waals surface area contributed by atoms with Gasteiger partial charge in [0.1, 0.15) is 12.1 Å². The van der Waals surface area contributed by atoms with Crippen LogP contribution < -0.4 is 10.6 Å². The Kier molecular flexibility index (Phi) is 4.77. The number of carbonyl (C=O) groups is 3. The minimum absolute atomic E-state index is 0.277. The van der Waals surface area contributed by atoms with Gasteiger partial charge in [0.15, 0.2) is 0 Å². The molecule has 1 spiro atoms. The summed E-state index contributed by atoms with van der Waals surface area (Å²) in [6.07, 6.45) is 6.51. The summed E-state index contributed by atoms with van der Waals surface area (Å²) in [7, 11) is 0. The maximum atomic E-state index is 13.2. The van der Waals surface area contributed by atoms with Crippen LogP contribution in [0, 0.1) is 0 Å². The highest BCUT2D eigenvalue weighted by atomic mass is 16.2. The number of urea groups is 1. The van der Waals surface area contributed by atoms with E-state index in [2.05, 4.69) is 15.6 Å². The number of benzene rings is 2. The second-order valence-corrected chi connectivity index (χ2v) is 8.23. The zero-order valence-corrected chi connectivity index (χ0v) is 17.6. The summed E-state index contributed by atoms with van der Waals surface area (Å²) in [5.74, 6) is -0.747. The number of hydrogen-bond acceptors (Lipinski definition) is 4. The molecule has 2 heterocycles. The Bertz CT molecular complexity index is 1190. The molecule has 2 aromatic carbocycles. The minimum Gasteiger partial charge on any atom is -0.348 e. The zero-order chi connectivity index (χ0) is 22.3. The summed E-state index contributed by atoms with van der Waals surface area (Å²) in [6.45, 7) is 1.55. The molecule has 8 nitrogen and oxygen atoms in total. The molecule has 0 radical (unpaired) electrons. The van der Waals surface area contributed by atoms with Gasteiger partial charge in [0.2, 0.25) is 5.91 Å². The number of nitrogens with zero attached hydrogens (tertiary/aromatic N) is 3. The van der Waals surface area contributed by atoms with Crippen LogP contribution in [0.15, 0.2) is 67.3 Å². The van der Waals surface area contributed by atoms with Crippen LogP contribution in [-0.2, 0) is 21.5 Å². The molecular weight excluding hydrogens is 406 g/mol. The lowest BCUT2D eigenvalue weighted by Crippen LogP contribution is -2.44. The first kappa shape index (κ1) is 20.0. The number of hydrogen-bond donors (Lipinski definition) is 2. The van der Waals surface area contributed by atoms with Gasteiger partial charge in [-0.1, -0.05) is 36.4 Å². The van der Waals surface area contributed by atoms with Crippen molar-refractivity contribution in [1.29, 1.82) is 0 Å².